The van der Waals surface area contributed by atoms with Crippen molar-refractivity contribution in [2.24, 2.45) is 0 Å². The van der Waals surface area contributed by atoms with Gasteiger partial charge in [0.25, 0.3) is 0 Å². The fraction of sp³-hybridized carbons (Fsp3) is 0.333. The first kappa shape index (κ1) is 15.8. The topological polar surface area (TPSA) is 75.6 Å². The summed E-state index contributed by atoms with van der Waals surface area (Å²) in [5.74, 6) is -1.41. The van der Waals surface area contributed by atoms with E-state index in [1.807, 2.05) is 6.07 Å². The third-order valence-corrected chi connectivity index (χ3v) is 3.68. The van der Waals surface area contributed by atoms with E-state index in [0.29, 0.717) is 5.02 Å². The third-order valence-electron chi connectivity index (χ3n) is 2.16. The summed E-state index contributed by atoms with van der Waals surface area (Å²) in [6, 6.07) is 6.10. The summed E-state index contributed by atoms with van der Waals surface area (Å²) >= 11 is 7.20. The standard InChI is InChI=1S/C12H14ClNO4S/c1-18-6-9(12(16)17)14-11(15)7-19-10-5-3-2-4-8(10)13/h2-5,9H,6-7H2,1H3,(H,14,15)(H,16,17). The van der Waals surface area contributed by atoms with Crippen LogP contribution in [0.1, 0.15) is 0 Å². The van der Waals surface area contributed by atoms with Gasteiger partial charge >= 0.3 is 5.97 Å². The molecule has 0 aliphatic heterocycles. The van der Waals surface area contributed by atoms with Crippen LogP contribution >= 0.6 is 23.4 Å². The highest BCUT2D eigenvalue weighted by molar-refractivity contribution is 8.00. The van der Waals surface area contributed by atoms with Crippen molar-refractivity contribution < 1.29 is 19.4 Å². The van der Waals surface area contributed by atoms with Crippen molar-refractivity contribution >= 4 is 35.2 Å². The number of carbonyl (C=O) groups excluding carboxylic acids is 1. The summed E-state index contributed by atoms with van der Waals surface area (Å²) in [5.41, 5.74) is 0. The molecule has 1 atom stereocenters. The molecular weight excluding hydrogens is 290 g/mol. The number of nitrogens with one attached hydrogen (secondary N) is 1. The zero-order valence-corrected chi connectivity index (χ0v) is 11.8. The number of thioether (sulfide) groups is 1. The van der Waals surface area contributed by atoms with Gasteiger partial charge in [-0.1, -0.05) is 23.7 Å². The Bertz CT molecular complexity index is 455. The lowest BCUT2D eigenvalue weighted by Crippen LogP contribution is -2.44. The lowest BCUT2D eigenvalue weighted by Gasteiger charge is -2.13. The molecule has 104 valence electrons. The van der Waals surface area contributed by atoms with Crippen LogP contribution in [0.3, 0.4) is 0 Å². The molecule has 0 radical (unpaired) electrons. The minimum atomic E-state index is -1.13. The van der Waals surface area contributed by atoms with Gasteiger partial charge in [-0.2, -0.15) is 0 Å². The van der Waals surface area contributed by atoms with E-state index >= 15 is 0 Å². The van der Waals surface area contributed by atoms with Crippen LogP contribution in [0.2, 0.25) is 5.02 Å². The number of benzene rings is 1. The molecule has 2 N–H and O–H groups in total. The summed E-state index contributed by atoms with van der Waals surface area (Å²) in [5, 5.41) is 11.8. The number of carboxylic acid groups (broad SMARTS) is 1. The van der Waals surface area contributed by atoms with E-state index in [1.165, 1.54) is 18.9 Å². The van der Waals surface area contributed by atoms with Crippen molar-refractivity contribution in [2.45, 2.75) is 10.9 Å². The number of methoxy groups -OCH3 is 1. The summed E-state index contributed by atoms with van der Waals surface area (Å²) < 4.78 is 4.72. The molecule has 19 heavy (non-hydrogen) atoms. The van der Waals surface area contributed by atoms with Crippen LogP contribution in [0.5, 0.6) is 0 Å². The first-order valence-electron chi connectivity index (χ1n) is 5.43. The monoisotopic (exact) mass is 303 g/mol. The molecule has 7 heteroatoms. The molecule has 1 aromatic rings. The lowest BCUT2D eigenvalue weighted by molar-refractivity contribution is -0.142. The molecule has 0 saturated carbocycles. The van der Waals surface area contributed by atoms with Crippen LogP contribution in [0, 0.1) is 0 Å². The Morgan fingerprint density at radius 1 is 1.47 bits per heavy atom. The second kappa shape index (κ2) is 8.04. The van der Waals surface area contributed by atoms with E-state index in [2.05, 4.69) is 5.32 Å². The predicted molar refractivity (Wildman–Crippen MR) is 73.6 cm³/mol. The number of carbonyl (C=O) groups is 2. The molecule has 0 aliphatic carbocycles. The molecule has 1 unspecified atom stereocenters. The number of hydrogen-bond donors (Lipinski definition) is 2. The smallest absolute Gasteiger partial charge is 0.328 e. The van der Waals surface area contributed by atoms with Crippen molar-refractivity contribution in [2.75, 3.05) is 19.5 Å². The first-order valence-corrected chi connectivity index (χ1v) is 6.79. The van der Waals surface area contributed by atoms with Crippen LogP contribution in [-0.4, -0.2) is 42.5 Å². The fourth-order valence-corrected chi connectivity index (χ4v) is 2.33. The number of halogens is 1. The molecule has 1 amide bonds. The Balaban J connectivity index is 2.47. The first-order chi connectivity index (χ1) is 9.04. The van der Waals surface area contributed by atoms with Gasteiger partial charge in [0, 0.05) is 12.0 Å². The number of aliphatic carboxylic acids is 1. The molecule has 0 heterocycles. The molecule has 1 aromatic carbocycles. The molecule has 1 rings (SSSR count). The summed E-state index contributed by atoms with van der Waals surface area (Å²) in [7, 11) is 1.38. The quantitative estimate of drug-likeness (QED) is 0.749. The van der Waals surface area contributed by atoms with Gasteiger partial charge in [0.15, 0.2) is 6.04 Å². The van der Waals surface area contributed by atoms with Crippen LogP contribution < -0.4 is 5.32 Å². The summed E-state index contributed by atoms with van der Waals surface area (Å²) in [6.45, 7) is -0.0716. The normalized spacial score (nSPS) is 11.9. The Labute approximate surface area is 120 Å². The number of amides is 1. The van der Waals surface area contributed by atoms with Gasteiger partial charge < -0.3 is 15.2 Å². The van der Waals surface area contributed by atoms with Crippen molar-refractivity contribution in [3.63, 3.8) is 0 Å². The minimum Gasteiger partial charge on any atom is -0.480 e. The number of rotatable bonds is 7. The highest BCUT2D eigenvalue weighted by Gasteiger charge is 2.19. The molecule has 0 fully saturated rings. The fourth-order valence-electron chi connectivity index (χ4n) is 1.28. The predicted octanol–water partition coefficient (Wildman–Crippen LogP) is 1.65. The average molecular weight is 304 g/mol. The zero-order chi connectivity index (χ0) is 14.3. The Morgan fingerprint density at radius 3 is 2.74 bits per heavy atom. The van der Waals surface area contributed by atoms with Crippen LogP contribution in [-0.2, 0) is 14.3 Å². The molecule has 0 spiro atoms. The molecular formula is C12H14ClNO4S. The maximum absolute atomic E-state index is 11.6. The van der Waals surface area contributed by atoms with E-state index in [1.54, 1.807) is 18.2 Å². The molecule has 5 nitrogen and oxygen atoms in total. The number of ether oxygens (including phenoxy) is 1. The SMILES string of the molecule is COCC(NC(=O)CSc1ccccc1Cl)C(=O)O. The average Bonchev–Trinajstić information content (AvgIpc) is 2.37. The van der Waals surface area contributed by atoms with Crippen molar-refractivity contribution in [3.8, 4) is 0 Å². The van der Waals surface area contributed by atoms with Gasteiger partial charge in [-0.3, -0.25) is 4.79 Å². The van der Waals surface area contributed by atoms with Crippen LogP contribution in [0.15, 0.2) is 29.2 Å². The third kappa shape index (κ3) is 5.50. The van der Waals surface area contributed by atoms with Crippen molar-refractivity contribution in [3.05, 3.63) is 29.3 Å². The number of hydrogen-bond acceptors (Lipinski definition) is 4. The van der Waals surface area contributed by atoms with Crippen LogP contribution in [0.4, 0.5) is 0 Å². The Hall–Kier alpha value is -1.24. The second-order valence-electron chi connectivity index (χ2n) is 3.63. The molecule has 0 aliphatic rings. The molecule has 0 aromatic heterocycles. The highest BCUT2D eigenvalue weighted by Crippen LogP contribution is 2.26. The van der Waals surface area contributed by atoms with Crippen molar-refractivity contribution in [1.82, 2.24) is 5.32 Å². The van der Waals surface area contributed by atoms with Gasteiger partial charge in [0.1, 0.15) is 0 Å². The molecule has 0 saturated heterocycles. The Morgan fingerprint density at radius 2 is 2.16 bits per heavy atom. The van der Waals surface area contributed by atoms with E-state index in [0.717, 1.165) is 4.90 Å². The number of carboxylic acids is 1. The van der Waals surface area contributed by atoms with Gasteiger partial charge in [0.05, 0.1) is 17.4 Å². The Kier molecular flexibility index (Phi) is 6.69. The lowest BCUT2D eigenvalue weighted by atomic mass is 10.3. The largest absolute Gasteiger partial charge is 0.480 e. The van der Waals surface area contributed by atoms with Gasteiger partial charge in [-0.15, -0.1) is 11.8 Å². The summed E-state index contributed by atoms with van der Waals surface area (Å²) in [6.07, 6.45) is 0. The van der Waals surface area contributed by atoms with Crippen LogP contribution in [0.25, 0.3) is 0 Å². The van der Waals surface area contributed by atoms with E-state index in [9.17, 15) is 9.59 Å². The zero-order valence-electron chi connectivity index (χ0n) is 10.3. The van der Waals surface area contributed by atoms with Gasteiger partial charge in [0.2, 0.25) is 5.91 Å². The van der Waals surface area contributed by atoms with E-state index in [4.69, 9.17) is 21.4 Å². The van der Waals surface area contributed by atoms with E-state index in [-0.39, 0.29) is 18.3 Å². The molecule has 0 bridgehead atoms. The minimum absolute atomic E-state index is 0.0716. The van der Waals surface area contributed by atoms with E-state index < -0.39 is 12.0 Å². The maximum atomic E-state index is 11.6. The summed E-state index contributed by atoms with van der Waals surface area (Å²) in [4.78, 5) is 23.2. The van der Waals surface area contributed by atoms with Crippen molar-refractivity contribution in [1.29, 1.82) is 0 Å². The second-order valence-corrected chi connectivity index (χ2v) is 5.06. The highest BCUT2D eigenvalue weighted by atomic mass is 35.5. The van der Waals surface area contributed by atoms with Gasteiger partial charge in [-0.25, -0.2) is 4.79 Å². The maximum Gasteiger partial charge on any atom is 0.328 e. The van der Waals surface area contributed by atoms with Gasteiger partial charge in [-0.05, 0) is 12.1 Å².